The zero-order chi connectivity index (χ0) is 22.4. The fourth-order valence-corrected chi connectivity index (χ4v) is 3.54. The van der Waals surface area contributed by atoms with E-state index in [1.54, 1.807) is 24.3 Å². The third-order valence-corrected chi connectivity index (χ3v) is 5.49. The second-order valence-corrected chi connectivity index (χ2v) is 8.49. The van der Waals surface area contributed by atoms with Crippen molar-refractivity contribution in [2.75, 3.05) is 5.32 Å². The van der Waals surface area contributed by atoms with Crippen molar-refractivity contribution in [3.05, 3.63) is 69.2 Å². The smallest absolute Gasteiger partial charge is 0.286 e. The molecule has 0 unspecified atom stereocenters. The molecule has 0 bridgehead atoms. The average Bonchev–Trinajstić information content (AvgIpc) is 3.21. The number of carbonyl (C=O) groups is 2. The van der Waals surface area contributed by atoms with Crippen molar-refractivity contribution in [3.8, 4) is 5.75 Å². The van der Waals surface area contributed by atoms with Crippen LogP contribution in [0.15, 0.2) is 42.5 Å². The Hall–Kier alpha value is -3.26. The highest BCUT2D eigenvalue weighted by atomic mass is 32.1. The zero-order valence-corrected chi connectivity index (χ0v) is 18.9. The summed E-state index contributed by atoms with van der Waals surface area (Å²) < 4.78 is 5.78. The van der Waals surface area contributed by atoms with Gasteiger partial charge in [-0.2, -0.15) is 0 Å². The summed E-state index contributed by atoms with van der Waals surface area (Å²) in [5.41, 5.74) is 3.24. The first-order valence-electron chi connectivity index (χ1n) is 10.1. The monoisotopic (exact) mass is 438 g/mol. The molecule has 162 valence electrons. The molecule has 2 aromatic carbocycles. The second-order valence-electron chi connectivity index (χ2n) is 7.43. The van der Waals surface area contributed by atoms with Crippen molar-refractivity contribution in [3.63, 3.8) is 0 Å². The Morgan fingerprint density at radius 3 is 2.52 bits per heavy atom. The lowest BCUT2D eigenvalue weighted by molar-refractivity contribution is 0.0938. The van der Waals surface area contributed by atoms with Crippen LogP contribution >= 0.6 is 11.3 Å². The van der Waals surface area contributed by atoms with Crippen molar-refractivity contribution < 1.29 is 14.3 Å². The first-order chi connectivity index (χ1) is 14.8. The van der Waals surface area contributed by atoms with Crippen LogP contribution < -0.4 is 15.4 Å². The van der Waals surface area contributed by atoms with Gasteiger partial charge in [0.25, 0.3) is 11.8 Å². The molecule has 0 spiro atoms. The number of hydrogen-bond donors (Lipinski definition) is 2. The minimum absolute atomic E-state index is 0.0801. The highest BCUT2D eigenvalue weighted by molar-refractivity contribution is 7.13. The fraction of sp³-hybridized carbons (Fsp3) is 0.304. The summed E-state index contributed by atoms with van der Waals surface area (Å²) in [5, 5.41) is 14.5. The molecule has 0 fully saturated rings. The van der Waals surface area contributed by atoms with Crippen LogP contribution in [0.1, 0.15) is 56.6 Å². The van der Waals surface area contributed by atoms with E-state index in [1.807, 2.05) is 39.8 Å². The molecule has 2 amide bonds. The van der Waals surface area contributed by atoms with Gasteiger partial charge in [-0.15, -0.1) is 10.2 Å². The number of ether oxygens (including phenoxy) is 1. The molecule has 1 aromatic heterocycles. The van der Waals surface area contributed by atoms with Crippen molar-refractivity contribution in [1.29, 1.82) is 0 Å². The maximum atomic E-state index is 12.6. The Labute approximate surface area is 185 Å². The number of amides is 2. The highest BCUT2D eigenvalue weighted by Crippen LogP contribution is 2.20. The van der Waals surface area contributed by atoms with Crippen LogP contribution in [0, 0.1) is 13.8 Å². The predicted molar refractivity (Wildman–Crippen MR) is 122 cm³/mol. The number of aromatic nitrogens is 2. The molecule has 31 heavy (non-hydrogen) atoms. The molecule has 2 N–H and O–H groups in total. The third kappa shape index (κ3) is 6.36. The fourth-order valence-electron chi connectivity index (χ4n) is 2.90. The number of nitrogens with zero attached hydrogens (tertiary/aromatic N) is 2. The summed E-state index contributed by atoms with van der Waals surface area (Å²) in [6, 6.07) is 12.9. The molecule has 8 heteroatoms. The van der Waals surface area contributed by atoms with E-state index in [0.717, 1.165) is 23.3 Å². The van der Waals surface area contributed by atoms with E-state index < -0.39 is 0 Å². The summed E-state index contributed by atoms with van der Waals surface area (Å²) in [7, 11) is 0. The molecule has 3 rings (SSSR count). The van der Waals surface area contributed by atoms with Crippen LogP contribution in [0.2, 0.25) is 0 Å². The number of aryl methyl sites for hydroxylation is 2. The van der Waals surface area contributed by atoms with Crippen LogP contribution in [0.4, 0.5) is 5.69 Å². The average molecular weight is 439 g/mol. The van der Waals surface area contributed by atoms with Gasteiger partial charge in [-0.05, 0) is 68.7 Å². The third-order valence-electron chi connectivity index (χ3n) is 4.59. The van der Waals surface area contributed by atoms with Gasteiger partial charge in [0.05, 0.1) is 0 Å². The van der Waals surface area contributed by atoms with Crippen molar-refractivity contribution in [2.24, 2.45) is 0 Å². The Balaban J connectivity index is 1.61. The van der Waals surface area contributed by atoms with Gasteiger partial charge in [-0.1, -0.05) is 30.4 Å². The van der Waals surface area contributed by atoms with Crippen LogP contribution in [-0.4, -0.2) is 28.1 Å². The molecule has 0 aliphatic rings. The molecule has 3 aromatic rings. The van der Waals surface area contributed by atoms with Gasteiger partial charge in [0.15, 0.2) is 5.01 Å². The molecule has 0 saturated carbocycles. The molecular formula is C23H26N4O3S. The van der Waals surface area contributed by atoms with Crippen molar-refractivity contribution in [1.82, 2.24) is 15.5 Å². The Morgan fingerprint density at radius 2 is 1.81 bits per heavy atom. The minimum Gasteiger partial charge on any atom is -0.486 e. The topological polar surface area (TPSA) is 93.2 Å². The van der Waals surface area contributed by atoms with Gasteiger partial charge in [-0.3, -0.25) is 9.59 Å². The molecule has 0 saturated heterocycles. The lowest BCUT2D eigenvalue weighted by atomic mass is 10.1. The van der Waals surface area contributed by atoms with Gasteiger partial charge in [0.2, 0.25) is 5.01 Å². The minimum atomic E-state index is -0.380. The van der Waals surface area contributed by atoms with Gasteiger partial charge in [0.1, 0.15) is 12.4 Å². The summed E-state index contributed by atoms with van der Waals surface area (Å²) >= 11 is 1.17. The molecule has 0 radical (unpaired) electrons. The molecule has 1 heterocycles. The molecule has 0 aliphatic heterocycles. The van der Waals surface area contributed by atoms with Crippen molar-refractivity contribution in [2.45, 2.75) is 46.8 Å². The molecule has 1 atom stereocenters. The Bertz CT molecular complexity index is 1060. The van der Waals surface area contributed by atoms with E-state index in [4.69, 9.17) is 4.74 Å². The number of rotatable bonds is 8. The molecule has 7 nitrogen and oxygen atoms in total. The SMILES string of the molecule is CC[C@@H](C)NC(=O)c1cccc(NC(=O)c2nnc(COc3cc(C)cc(C)c3)s2)c1. The van der Waals surface area contributed by atoms with Crippen LogP contribution in [-0.2, 0) is 6.61 Å². The number of benzene rings is 2. The van der Waals surface area contributed by atoms with Crippen LogP contribution in [0.5, 0.6) is 5.75 Å². The summed E-state index contributed by atoms with van der Waals surface area (Å²) in [6.07, 6.45) is 0.842. The van der Waals surface area contributed by atoms with Gasteiger partial charge in [-0.25, -0.2) is 0 Å². The summed E-state index contributed by atoms with van der Waals surface area (Å²) in [6.45, 7) is 8.21. The molecular weight excluding hydrogens is 412 g/mol. The maximum absolute atomic E-state index is 12.6. The maximum Gasteiger partial charge on any atom is 0.286 e. The Kier molecular flexibility index (Phi) is 7.36. The first-order valence-corrected chi connectivity index (χ1v) is 10.9. The van der Waals surface area contributed by atoms with E-state index in [9.17, 15) is 9.59 Å². The largest absolute Gasteiger partial charge is 0.486 e. The van der Waals surface area contributed by atoms with E-state index in [2.05, 4.69) is 26.9 Å². The second kappa shape index (κ2) is 10.2. The predicted octanol–water partition coefficient (Wildman–Crippen LogP) is 4.51. The number of anilines is 1. The van der Waals surface area contributed by atoms with Crippen LogP contribution in [0.3, 0.4) is 0 Å². The quantitative estimate of drug-likeness (QED) is 0.540. The Morgan fingerprint density at radius 1 is 1.06 bits per heavy atom. The van der Waals surface area contributed by atoms with Gasteiger partial charge in [0, 0.05) is 17.3 Å². The van der Waals surface area contributed by atoms with Crippen LogP contribution in [0.25, 0.3) is 0 Å². The van der Waals surface area contributed by atoms with Gasteiger partial charge < -0.3 is 15.4 Å². The first kappa shape index (κ1) is 22.4. The van der Waals surface area contributed by atoms with Crippen molar-refractivity contribution >= 4 is 28.8 Å². The normalized spacial score (nSPS) is 11.6. The van der Waals surface area contributed by atoms with Gasteiger partial charge >= 0.3 is 0 Å². The standard InChI is InChI=1S/C23H26N4O3S/c1-5-16(4)24-21(28)17-7-6-8-18(12-17)25-22(29)23-27-26-20(31-23)13-30-19-10-14(2)9-15(3)11-19/h6-12,16H,5,13H2,1-4H3,(H,24,28)(H,25,29)/t16-/m1/s1. The zero-order valence-electron chi connectivity index (χ0n) is 18.1. The number of nitrogens with one attached hydrogen (secondary N) is 2. The van der Waals surface area contributed by atoms with E-state index in [0.29, 0.717) is 16.3 Å². The number of hydrogen-bond acceptors (Lipinski definition) is 6. The van der Waals surface area contributed by atoms with E-state index >= 15 is 0 Å². The molecule has 0 aliphatic carbocycles. The lowest BCUT2D eigenvalue weighted by Crippen LogP contribution is -2.31. The summed E-state index contributed by atoms with van der Waals surface area (Å²) in [4.78, 5) is 24.8. The van der Waals surface area contributed by atoms with E-state index in [-0.39, 0.29) is 29.5 Å². The highest BCUT2D eigenvalue weighted by Gasteiger charge is 2.15. The number of carbonyl (C=O) groups excluding carboxylic acids is 2. The lowest BCUT2D eigenvalue weighted by Gasteiger charge is -2.12. The van der Waals surface area contributed by atoms with E-state index in [1.165, 1.54) is 11.3 Å². The summed E-state index contributed by atoms with van der Waals surface area (Å²) in [5.74, 6) is 0.202.